The summed E-state index contributed by atoms with van der Waals surface area (Å²) >= 11 is 5.46. The molecule has 2 aromatic rings. The second-order valence-electron chi connectivity index (χ2n) is 5.86. The highest BCUT2D eigenvalue weighted by atomic mass is 35.5. The number of rotatable bonds is 10. The van der Waals surface area contributed by atoms with Gasteiger partial charge in [0.2, 0.25) is 0 Å². The van der Waals surface area contributed by atoms with E-state index in [-0.39, 0.29) is 36.0 Å². The maximum atomic E-state index is 14.7. The lowest BCUT2D eigenvalue weighted by atomic mass is 10.0. The fourth-order valence-electron chi connectivity index (χ4n) is 2.16. The average molecular weight is 405 g/mol. The highest BCUT2D eigenvalue weighted by Crippen LogP contribution is 2.37. The first-order chi connectivity index (χ1) is 12.9. The summed E-state index contributed by atoms with van der Waals surface area (Å²) in [6.45, 7) is -1.23. The molecule has 0 amide bonds. The summed E-state index contributed by atoms with van der Waals surface area (Å²) in [5.74, 6) is -2.63. The van der Waals surface area contributed by atoms with Crippen molar-refractivity contribution in [2.45, 2.75) is 18.1 Å². The van der Waals surface area contributed by atoms with Crippen LogP contribution < -0.4 is 9.47 Å². The minimum Gasteiger partial charge on any atom is -0.491 e. The summed E-state index contributed by atoms with van der Waals surface area (Å²) in [6, 6.07) is 10.3. The standard InChI is InChI=1S/C19H20ClF3O4/c20-9-15(24)11-26-17-5-1-13(2-6-17)19(22,23)14-3-7-18(8-4-14)27-12-16(25)10-21/h1-8,15-16,24-25H,9-12H2/t15-,16-/m0/s1. The van der Waals surface area contributed by atoms with Crippen LogP contribution >= 0.6 is 11.6 Å². The van der Waals surface area contributed by atoms with Crippen molar-refractivity contribution in [1.29, 1.82) is 0 Å². The van der Waals surface area contributed by atoms with E-state index in [4.69, 9.17) is 26.2 Å². The van der Waals surface area contributed by atoms with Crippen molar-refractivity contribution in [3.05, 3.63) is 59.7 Å². The molecule has 2 atom stereocenters. The molecule has 0 aliphatic carbocycles. The number of ether oxygens (including phenoxy) is 2. The van der Waals surface area contributed by atoms with E-state index in [0.29, 0.717) is 5.75 Å². The Morgan fingerprint density at radius 1 is 0.815 bits per heavy atom. The number of benzene rings is 2. The lowest BCUT2D eigenvalue weighted by molar-refractivity contribution is 0.0425. The molecular weight excluding hydrogens is 385 g/mol. The number of aliphatic hydroxyl groups excluding tert-OH is 2. The maximum absolute atomic E-state index is 14.7. The van der Waals surface area contributed by atoms with Gasteiger partial charge in [-0.3, -0.25) is 0 Å². The molecule has 148 valence electrons. The molecule has 0 saturated heterocycles. The van der Waals surface area contributed by atoms with Crippen LogP contribution in [-0.2, 0) is 5.92 Å². The fourth-order valence-corrected chi connectivity index (χ4v) is 2.25. The predicted octanol–water partition coefficient (Wildman–Crippen LogP) is 3.51. The van der Waals surface area contributed by atoms with Crippen LogP contribution in [0.3, 0.4) is 0 Å². The molecular formula is C19H20ClF3O4. The van der Waals surface area contributed by atoms with E-state index in [1.165, 1.54) is 48.5 Å². The minimum absolute atomic E-state index is 0.0165. The molecule has 0 saturated carbocycles. The van der Waals surface area contributed by atoms with E-state index in [9.17, 15) is 18.3 Å². The predicted molar refractivity (Wildman–Crippen MR) is 95.6 cm³/mol. The van der Waals surface area contributed by atoms with Gasteiger partial charge in [-0.15, -0.1) is 11.6 Å². The number of aliphatic hydroxyl groups is 2. The quantitative estimate of drug-likeness (QED) is 0.595. The second kappa shape index (κ2) is 9.82. The second-order valence-corrected chi connectivity index (χ2v) is 6.17. The molecule has 0 aliphatic heterocycles. The zero-order valence-electron chi connectivity index (χ0n) is 14.3. The van der Waals surface area contributed by atoms with Gasteiger partial charge in [-0.2, -0.15) is 8.78 Å². The van der Waals surface area contributed by atoms with Gasteiger partial charge >= 0.3 is 0 Å². The smallest absolute Gasteiger partial charge is 0.298 e. The molecule has 4 nitrogen and oxygen atoms in total. The van der Waals surface area contributed by atoms with Crippen LogP contribution in [0.2, 0.25) is 0 Å². The molecule has 0 heterocycles. The minimum atomic E-state index is -3.24. The van der Waals surface area contributed by atoms with Crippen molar-refractivity contribution in [2.75, 3.05) is 25.8 Å². The van der Waals surface area contributed by atoms with Gasteiger partial charge < -0.3 is 19.7 Å². The Balaban J connectivity index is 2.04. The molecule has 2 aromatic carbocycles. The van der Waals surface area contributed by atoms with Gasteiger partial charge in [0.05, 0.1) is 5.88 Å². The Labute approximate surface area is 160 Å². The normalized spacial score (nSPS) is 13.9. The lowest BCUT2D eigenvalue weighted by Crippen LogP contribution is -2.19. The average Bonchev–Trinajstić information content (AvgIpc) is 2.70. The van der Waals surface area contributed by atoms with Gasteiger partial charge in [-0.05, 0) is 48.5 Å². The monoisotopic (exact) mass is 404 g/mol. The summed E-state index contributed by atoms with van der Waals surface area (Å²) in [6.07, 6.45) is -2.09. The van der Waals surface area contributed by atoms with Crippen LogP contribution in [0.4, 0.5) is 13.2 Å². The van der Waals surface area contributed by atoms with Crippen molar-refractivity contribution < 1.29 is 32.9 Å². The first kappa shape index (κ1) is 21.3. The molecule has 0 aliphatic rings. The molecule has 2 N–H and O–H groups in total. The molecule has 2 rings (SSSR count). The Morgan fingerprint density at radius 3 is 1.59 bits per heavy atom. The van der Waals surface area contributed by atoms with Crippen LogP contribution in [0.15, 0.2) is 48.5 Å². The van der Waals surface area contributed by atoms with E-state index in [0.717, 1.165) is 0 Å². The van der Waals surface area contributed by atoms with Crippen molar-refractivity contribution in [3.8, 4) is 11.5 Å². The highest BCUT2D eigenvalue weighted by molar-refractivity contribution is 6.18. The van der Waals surface area contributed by atoms with Gasteiger partial charge in [-0.1, -0.05) is 0 Å². The largest absolute Gasteiger partial charge is 0.491 e. The number of hydrogen-bond acceptors (Lipinski definition) is 4. The van der Waals surface area contributed by atoms with Crippen molar-refractivity contribution in [1.82, 2.24) is 0 Å². The topological polar surface area (TPSA) is 58.9 Å². The summed E-state index contributed by atoms with van der Waals surface area (Å²) in [5.41, 5.74) is -0.471. The third-order valence-corrected chi connectivity index (χ3v) is 4.03. The van der Waals surface area contributed by atoms with Crippen LogP contribution in [-0.4, -0.2) is 48.2 Å². The SMILES string of the molecule is O[C@@H](CF)COc1ccc(C(F)(F)c2ccc(OC[C@@H](O)CCl)cc2)cc1. The molecule has 27 heavy (non-hydrogen) atoms. The first-order valence-electron chi connectivity index (χ1n) is 8.19. The first-order valence-corrected chi connectivity index (χ1v) is 8.72. The van der Waals surface area contributed by atoms with Crippen molar-refractivity contribution >= 4 is 11.6 Å². The Hall–Kier alpha value is -1.96. The van der Waals surface area contributed by atoms with Crippen LogP contribution in [0, 0.1) is 0 Å². The van der Waals surface area contributed by atoms with E-state index < -0.39 is 24.8 Å². The Kier molecular flexibility index (Phi) is 7.77. The van der Waals surface area contributed by atoms with Crippen LogP contribution in [0.5, 0.6) is 11.5 Å². The van der Waals surface area contributed by atoms with Gasteiger partial charge in [0, 0.05) is 11.1 Å². The zero-order chi connectivity index (χ0) is 19.9. The fraction of sp³-hybridized carbons (Fsp3) is 0.368. The third-order valence-electron chi connectivity index (χ3n) is 3.67. The van der Waals surface area contributed by atoms with E-state index in [2.05, 4.69) is 0 Å². The number of hydrogen-bond donors (Lipinski definition) is 2. The van der Waals surface area contributed by atoms with Gasteiger partial charge in [0.15, 0.2) is 0 Å². The Bertz CT molecular complexity index is 636. The van der Waals surface area contributed by atoms with E-state index in [1.54, 1.807) is 0 Å². The van der Waals surface area contributed by atoms with Crippen LogP contribution in [0.1, 0.15) is 11.1 Å². The molecule has 0 aromatic heterocycles. The molecule has 0 unspecified atom stereocenters. The summed E-state index contributed by atoms with van der Waals surface area (Å²) in [7, 11) is 0. The molecule has 0 spiro atoms. The molecule has 0 radical (unpaired) electrons. The highest BCUT2D eigenvalue weighted by Gasteiger charge is 2.33. The van der Waals surface area contributed by atoms with Gasteiger partial charge in [0.25, 0.3) is 5.92 Å². The Morgan fingerprint density at radius 2 is 1.22 bits per heavy atom. The maximum Gasteiger partial charge on any atom is 0.298 e. The van der Waals surface area contributed by atoms with Gasteiger partial charge in [-0.25, -0.2) is 4.39 Å². The third kappa shape index (κ3) is 6.02. The molecule has 0 bridgehead atoms. The molecule has 8 heteroatoms. The van der Waals surface area contributed by atoms with Gasteiger partial charge in [0.1, 0.15) is 43.6 Å². The number of alkyl halides is 4. The lowest BCUT2D eigenvalue weighted by Gasteiger charge is -2.18. The van der Waals surface area contributed by atoms with E-state index >= 15 is 0 Å². The zero-order valence-corrected chi connectivity index (χ0v) is 15.1. The summed E-state index contributed by atoms with van der Waals surface area (Å²) in [4.78, 5) is 0. The van der Waals surface area contributed by atoms with Crippen LogP contribution in [0.25, 0.3) is 0 Å². The van der Waals surface area contributed by atoms with E-state index in [1.807, 2.05) is 0 Å². The van der Waals surface area contributed by atoms with Crippen molar-refractivity contribution in [3.63, 3.8) is 0 Å². The van der Waals surface area contributed by atoms with Crippen molar-refractivity contribution in [2.24, 2.45) is 0 Å². The molecule has 0 fully saturated rings. The summed E-state index contributed by atoms with van der Waals surface area (Å²) < 4.78 is 51.9. The summed E-state index contributed by atoms with van der Waals surface area (Å²) in [5, 5.41) is 18.4. The number of halogens is 4.